The van der Waals surface area contributed by atoms with Crippen molar-refractivity contribution in [3.63, 3.8) is 0 Å². The number of para-hydroxylation sites is 1. The predicted molar refractivity (Wildman–Crippen MR) is 166 cm³/mol. The maximum Gasteiger partial charge on any atom is 0.334 e. The molecule has 0 spiro atoms. The number of hydrogen-bond acceptors (Lipinski definition) is 3. The van der Waals surface area contributed by atoms with Crippen molar-refractivity contribution in [2.75, 3.05) is 39.6 Å². The first-order valence-electron chi connectivity index (χ1n) is 13.9. The molecule has 1 N–H and O–H groups in total. The molecule has 10 heteroatoms. The van der Waals surface area contributed by atoms with E-state index in [1.54, 1.807) is 0 Å². The van der Waals surface area contributed by atoms with Gasteiger partial charge in [0.05, 0.1) is 51.5 Å². The first-order chi connectivity index (χ1) is 20.5. The van der Waals surface area contributed by atoms with Crippen LogP contribution in [0.2, 0.25) is 0 Å². The molecule has 1 aromatic rings. The van der Waals surface area contributed by atoms with Gasteiger partial charge >= 0.3 is 5.97 Å². The van der Waals surface area contributed by atoms with E-state index in [9.17, 15) is 4.79 Å². The average Bonchev–Trinajstić information content (AvgIpc) is 2.94. The van der Waals surface area contributed by atoms with Crippen LogP contribution in [0.4, 0.5) is 0 Å². The molecular formula is C33H55O10. The van der Waals surface area contributed by atoms with Gasteiger partial charge in [-0.2, -0.15) is 0 Å². The van der Waals surface area contributed by atoms with Crippen LogP contribution in [0.5, 0.6) is 5.75 Å². The highest BCUT2D eigenvalue weighted by atomic mass is 16.7. The lowest BCUT2D eigenvalue weighted by atomic mass is 10.1. The molecule has 247 valence electrons. The van der Waals surface area contributed by atoms with Gasteiger partial charge in [-0.3, -0.25) is 0 Å². The number of carbonyl (C=O) groups is 1. The fraction of sp³-hybridized carbons (Fsp3) is 0.515. The summed E-state index contributed by atoms with van der Waals surface area (Å²) in [4.78, 5) is 11.0. The van der Waals surface area contributed by atoms with Crippen molar-refractivity contribution in [2.24, 2.45) is 0 Å². The Labute approximate surface area is 263 Å². The number of carboxylic acids is 1. The predicted octanol–water partition coefficient (Wildman–Crippen LogP) is 7.25. The van der Waals surface area contributed by atoms with Crippen molar-refractivity contribution in [1.29, 1.82) is 0 Å². The topological polar surface area (TPSA) is 175 Å². The number of unbranched alkanes of at least 4 members (excludes halogenated alkanes) is 6. The van der Waals surface area contributed by atoms with E-state index in [2.05, 4.69) is 55.4 Å². The second-order valence-corrected chi connectivity index (χ2v) is 7.65. The lowest BCUT2D eigenvalue weighted by Crippen LogP contribution is -2.34. The molecule has 0 amide bonds. The van der Waals surface area contributed by atoms with Gasteiger partial charge in [-0.25, -0.2) is 35.4 Å². The molecule has 43 heavy (non-hydrogen) atoms. The van der Waals surface area contributed by atoms with Crippen LogP contribution in [0.25, 0.3) is 0 Å². The van der Waals surface area contributed by atoms with Crippen molar-refractivity contribution in [1.82, 2.24) is 0 Å². The SMILES string of the molecule is [CH2]C(CCCCCCCCC)(OC=C(C)C(=O)O)Oc1ccccc1.[CH2]C[O].[CH2]C[O].[CH2]C[O].[CH2]C[O].[CH2]C[O].[CH2]C[O]. The Morgan fingerprint density at radius 1 is 0.721 bits per heavy atom. The molecule has 1 unspecified atom stereocenters. The van der Waals surface area contributed by atoms with E-state index >= 15 is 0 Å². The minimum absolute atomic E-state index is 0.115. The fourth-order valence-electron chi connectivity index (χ4n) is 2.43. The summed E-state index contributed by atoms with van der Waals surface area (Å²) in [7, 11) is 0. The summed E-state index contributed by atoms with van der Waals surface area (Å²) in [5.41, 5.74) is 0.115. The molecule has 0 fully saturated rings. The summed E-state index contributed by atoms with van der Waals surface area (Å²) >= 11 is 0. The highest BCUT2D eigenvalue weighted by Gasteiger charge is 2.27. The van der Waals surface area contributed by atoms with Gasteiger partial charge in [0.15, 0.2) is 0 Å². The van der Waals surface area contributed by atoms with Gasteiger partial charge in [0.2, 0.25) is 0 Å². The second kappa shape index (κ2) is 49.5. The lowest BCUT2D eigenvalue weighted by Gasteiger charge is -2.30. The van der Waals surface area contributed by atoms with Crippen LogP contribution in [0.3, 0.4) is 0 Å². The molecule has 0 aromatic heterocycles. The maximum atomic E-state index is 11.0. The maximum absolute atomic E-state index is 11.0. The van der Waals surface area contributed by atoms with Gasteiger partial charge in [-0.1, -0.05) is 63.6 Å². The number of hydrogen-bond donors (Lipinski definition) is 1. The molecule has 10 nitrogen and oxygen atoms in total. The van der Waals surface area contributed by atoms with E-state index < -0.39 is 11.8 Å². The average molecular weight is 612 g/mol. The molecule has 0 aliphatic heterocycles. The molecule has 0 heterocycles. The first-order valence-corrected chi connectivity index (χ1v) is 13.9. The minimum atomic E-state index is -1.12. The Hall–Kier alpha value is -2.21. The summed E-state index contributed by atoms with van der Waals surface area (Å²) in [5, 5.41) is 61.9. The standard InChI is InChI=1S/C21H31O4.6C2H4O/c1-4-5-6-7-8-9-13-16-21(3,24-17-18(2)20(22)23)25-19-14-11-10-12-15-19;6*1-2-3/h10-12,14-15,17H,3-9,13,16H2,1-2H3,(H,22,23);6*1-2H2. The summed E-state index contributed by atoms with van der Waals surface area (Å²) in [6.45, 7) is 23.8. The van der Waals surface area contributed by atoms with Crippen LogP contribution in [0.15, 0.2) is 42.2 Å². The van der Waals surface area contributed by atoms with E-state index in [1.807, 2.05) is 30.3 Å². The highest BCUT2D eigenvalue weighted by molar-refractivity contribution is 5.85. The van der Waals surface area contributed by atoms with Gasteiger partial charge in [0.25, 0.3) is 5.79 Å². The van der Waals surface area contributed by atoms with Crippen molar-refractivity contribution in [2.45, 2.75) is 71.0 Å². The largest absolute Gasteiger partial charge is 0.478 e. The van der Waals surface area contributed by atoms with Gasteiger partial charge in [-0.15, -0.1) is 0 Å². The fourth-order valence-corrected chi connectivity index (χ4v) is 2.43. The van der Waals surface area contributed by atoms with Crippen LogP contribution < -0.4 is 4.74 Å². The van der Waals surface area contributed by atoms with Crippen LogP contribution >= 0.6 is 0 Å². The third-order valence-corrected chi connectivity index (χ3v) is 4.00. The number of rotatable bonds is 13. The zero-order valence-corrected chi connectivity index (χ0v) is 26.4. The summed E-state index contributed by atoms with van der Waals surface area (Å²) in [6, 6.07) is 9.33. The molecule has 13 radical (unpaired) electrons. The number of benzene rings is 1. The highest BCUT2D eigenvalue weighted by Crippen LogP contribution is 2.25. The van der Waals surface area contributed by atoms with Crippen molar-refractivity contribution < 1.29 is 50.0 Å². The summed E-state index contributed by atoms with van der Waals surface area (Å²) in [5.74, 6) is -1.48. The molecule has 0 saturated heterocycles. The van der Waals surface area contributed by atoms with E-state index in [0.717, 1.165) is 12.8 Å². The molecule has 0 bridgehead atoms. The van der Waals surface area contributed by atoms with Gasteiger partial charge < -0.3 is 14.6 Å². The summed E-state index contributed by atoms with van der Waals surface area (Å²) in [6.07, 6.45) is 10.1. The van der Waals surface area contributed by atoms with Crippen molar-refractivity contribution >= 4 is 5.97 Å². The minimum Gasteiger partial charge on any atom is -0.478 e. The molecule has 0 aliphatic rings. The Morgan fingerprint density at radius 3 is 1.42 bits per heavy atom. The van der Waals surface area contributed by atoms with Crippen LogP contribution in [-0.4, -0.2) is 56.5 Å². The van der Waals surface area contributed by atoms with E-state index in [0.29, 0.717) is 12.2 Å². The van der Waals surface area contributed by atoms with Crippen molar-refractivity contribution in [3.05, 3.63) is 90.6 Å². The van der Waals surface area contributed by atoms with E-state index in [1.165, 1.54) is 45.3 Å². The molecule has 1 rings (SSSR count). The van der Waals surface area contributed by atoms with Gasteiger partial charge in [-0.05, 0) is 67.0 Å². The monoisotopic (exact) mass is 611 g/mol. The third-order valence-electron chi connectivity index (χ3n) is 4.00. The number of aliphatic carboxylic acids is 1. The van der Waals surface area contributed by atoms with E-state index in [4.69, 9.17) is 45.2 Å². The first kappa shape index (κ1) is 53.4. The molecule has 0 saturated carbocycles. The Kier molecular flexibility index (Phi) is 61.4. The van der Waals surface area contributed by atoms with Crippen LogP contribution in [-0.2, 0) is 40.2 Å². The summed E-state index contributed by atoms with van der Waals surface area (Å²) < 4.78 is 11.5. The zero-order chi connectivity index (χ0) is 34.8. The Bertz CT molecular complexity index is 612. The molecule has 0 aliphatic carbocycles. The Morgan fingerprint density at radius 2 is 1.07 bits per heavy atom. The number of carboxylic acid groups (broad SMARTS) is 1. The van der Waals surface area contributed by atoms with E-state index in [-0.39, 0.29) is 45.2 Å². The van der Waals surface area contributed by atoms with Crippen molar-refractivity contribution in [3.8, 4) is 5.75 Å². The Balaban J connectivity index is -0.000000156. The van der Waals surface area contributed by atoms with Gasteiger partial charge in [0, 0.05) is 13.3 Å². The molecular weight excluding hydrogens is 556 g/mol. The molecule has 1 aromatic carbocycles. The lowest BCUT2D eigenvalue weighted by molar-refractivity contribution is -0.134. The van der Waals surface area contributed by atoms with Crippen LogP contribution in [0, 0.1) is 48.5 Å². The smallest absolute Gasteiger partial charge is 0.334 e. The zero-order valence-electron chi connectivity index (χ0n) is 26.4. The molecule has 1 atom stereocenters. The third kappa shape index (κ3) is 59.9. The number of ether oxygens (including phenoxy) is 2. The van der Waals surface area contributed by atoms with Gasteiger partial charge in [0.1, 0.15) is 5.75 Å². The van der Waals surface area contributed by atoms with Crippen LogP contribution in [0.1, 0.15) is 65.2 Å². The quantitative estimate of drug-likeness (QED) is 0.107. The normalized spacial score (nSPS) is 10.6. The second-order valence-electron chi connectivity index (χ2n) is 7.65.